The molecule has 1 unspecified atom stereocenters. The Balaban J connectivity index is 1.97. The molecule has 18 heavy (non-hydrogen) atoms. The van der Waals surface area contributed by atoms with Crippen molar-refractivity contribution < 1.29 is 14.3 Å². The van der Waals surface area contributed by atoms with E-state index >= 15 is 0 Å². The summed E-state index contributed by atoms with van der Waals surface area (Å²) in [6.07, 6.45) is 0.877. The van der Waals surface area contributed by atoms with Crippen molar-refractivity contribution in [3.63, 3.8) is 0 Å². The summed E-state index contributed by atoms with van der Waals surface area (Å²) in [4.78, 5) is 13.7. The fourth-order valence-electron chi connectivity index (χ4n) is 2.41. The second-order valence-corrected chi connectivity index (χ2v) is 4.56. The maximum absolute atomic E-state index is 11.5. The first kappa shape index (κ1) is 12.9. The molecule has 0 spiro atoms. The Morgan fingerprint density at radius 1 is 1.39 bits per heavy atom. The highest BCUT2D eigenvalue weighted by Crippen LogP contribution is 2.24. The van der Waals surface area contributed by atoms with Crippen LogP contribution in [0.25, 0.3) is 0 Å². The minimum absolute atomic E-state index is 0.0182. The van der Waals surface area contributed by atoms with E-state index in [1.165, 1.54) is 7.11 Å². The summed E-state index contributed by atoms with van der Waals surface area (Å²) < 4.78 is 10.1. The zero-order valence-electron chi connectivity index (χ0n) is 10.9. The van der Waals surface area contributed by atoms with Crippen molar-refractivity contribution in [3.05, 3.63) is 29.8 Å². The number of benzene rings is 1. The van der Waals surface area contributed by atoms with Gasteiger partial charge in [-0.2, -0.15) is 0 Å². The summed E-state index contributed by atoms with van der Waals surface area (Å²) in [5.74, 6) is 0.821. The fourth-order valence-corrected chi connectivity index (χ4v) is 2.41. The van der Waals surface area contributed by atoms with E-state index in [1.807, 2.05) is 18.2 Å². The SMILES string of the molecule is COC(=O)C1CCN(Cc2ccccc2OC)C1. The first-order valence-electron chi connectivity index (χ1n) is 6.16. The van der Waals surface area contributed by atoms with Gasteiger partial charge in [-0.1, -0.05) is 18.2 Å². The average molecular weight is 249 g/mol. The standard InChI is InChI=1S/C14H19NO3/c1-17-13-6-4-3-5-11(13)9-15-8-7-12(10-15)14(16)18-2/h3-6,12H,7-10H2,1-2H3. The highest BCUT2D eigenvalue weighted by molar-refractivity contribution is 5.72. The summed E-state index contributed by atoms with van der Waals surface area (Å²) in [7, 11) is 3.13. The van der Waals surface area contributed by atoms with Crippen molar-refractivity contribution in [1.82, 2.24) is 4.90 Å². The Bertz CT molecular complexity index is 419. The van der Waals surface area contributed by atoms with Crippen LogP contribution in [0.1, 0.15) is 12.0 Å². The van der Waals surface area contributed by atoms with Gasteiger partial charge in [0.1, 0.15) is 5.75 Å². The molecule has 0 radical (unpaired) electrons. The average Bonchev–Trinajstić information content (AvgIpc) is 2.87. The Morgan fingerprint density at radius 3 is 2.89 bits per heavy atom. The molecule has 1 aliphatic rings. The van der Waals surface area contributed by atoms with Gasteiger partial charge in [0.2, 0.25) is 0 Å². The highest BCUT2D eigenvalue weighted by atomic mass is 16.5. The van der Waals surface area contributed by atoms with Crippen LogP contribution in [0.4, 0.5) is 0 Å². The van der Waals surface area contributed by atoms with Crippen molar-refractivity contribution >= 4 is 5.97 Å². The van der Waals surface area contributed by atoms with Crippen LogP contribution < -0.4 is 4.74 Å². The molecule has 98 valence electrons. The molecule has 1 fully saturated rings. The number of ether oxygens (including phenoxy) is 2. The number of hydrogen-bond donors (Lipinski definition) is 0. The van der Waals surface area contributed by atoms with E-state index in [0.29, 0.717) is 0 Å². The minimum atomic E-state index is -0.0995. The quantitative estimate of drug-likeness (QED) is 0.761. The molecule has 4 heteroatoms. The smallest absolute Gasteiger partial charge is 0.310 e. The molecule has 0 saturated carbocycles. The number of methoxy groups -OCH3 is 2. The molecule has 1 atom stereocenters. The van der Waals surface area contributed by atoms with Gasteiger partial charge in [-0.05, 0) is 19.0 Å². The Kier molecular flexibility index (Phi) is 4.20. The van der Waals surface area contributed by atoms with Gasteiger partial charge in [0.05, 0.1) is 20.1 Å². The normalized spacial score (nSPS) is 19.8. The van der Waals surface area contributed by atoms with Crippen LogP contribution in [0.2, 0.25) is 0 Å². The molecular weight excluding hydrogens is 230 g/mol. The molecule has 1 heterocycles. The van der Waals surface area contributed by atoms with Crippen LogP contribution in [0.3, 0.4) is 0 Å². The Hall–Kier alpha value is -1.55. The number of hydrogen-bond acceptors (Lipinski definition) is 4. The van der Waals surface area contributed by atoms with E-state index in [0.717, 1.165) is 37.4 Å². The molecule has 0 bridgehead atoms. The van der Waals surface area contributed by atoms with E-state index < -0.39 is 0 Å². The molecule has 0 N–H and O–H groups in total. The van der Waals surface area contributed by atoms with Gasteiger partial charge >= 0.3 is 5.97 Å². The third kappa shape index (κ3) is 2.82. The molecule has 1 aromatic carbocycles. The topological polar surface area (TPSA) is 38.8 Å². The monoisotopic (exact) mass is 249 g/mol. The predicted octanol–water partition coefficient (Wildman–Crippen LogP) is 1.69. The molecule has 4 nitrogen and oxygen atoms in total. The number of esters is 1. The fraction of sp³-hybridized carbons (Fsp3) is 0.500. The summed E-state index contributed by atoms with van der Waals surface area (Å²) in [5.41, 5.74) is 1.16. The lowest BCUT2D eigenvalue weighted by atomic mass is 10.1. The lowest BCUT2D eigenvalue weighted by Gasteiger charge is -2.17. The van der Waals surface area contributed by atoms with E-state index in [4.69, 9.17) is 9.47 Å². The van der Waals surface area contributed by atoms with E-state index in [2.05, 4.69) is 11.0 Å². The maximum atomic E-state index is 11.5. The summed E-state index contributed by atoms with van der Waals surface area (Å²) in [5, 5.41) is 0. The number of nitrogens with zero attached hydrogens (tertiary/aromatic N) is 1. The van der Waals surface area contributed by atoms with Gasteiger partial charge in [0.25, 0.3) is 0 Å². The largest absolute Gasteiger partial charge is 0.496 e. The number of para-hydroxylation sites is 1. The van der Waals surface area contributed by atoms with Crippen LogP contribution in [0, 0.1) is 5.92 Å². The van der Waals surface area contributed by atoms with Gasteiger partial charge < -0.3 is 9.47 Å². The molecule has 1 aliphatic heterocycles. The van der Waals surface area contributed by atoms with E-state index in [9.17, 15) is 4.79 Å². The lowest BCUT2D eigenvalue weighted by molar-refractivity contribution is -0.144. The van der Waals surface area contributed by atoms with Gasteiger partial charge in [0, 0.05) is 18.7 Å². The van der Waals surface area contributed by atoms with Crippen LogP contribution in [-0.4, -0.2) is 38.2 Å². The predicted molar refractivity (Wildman–Crippen MR) is 68.4 cm³/mol. The first-order valence-corrected chi connectivity index (χ1v) is 6.16. The van der Waals surface area contributed by atoms with Gasteiger partial charge in [-0.15, -0.1) is 0 Å². The zero-order chi connectivity index (χ0) is 13.0. The summed E-state index contributed by atoms with van der Waals surface area (Å²) in [6, 6.07) is 7.99. The Labute approximate surface area is 107 Å². The first-order chi connectivity index (χ1) is 8.74. The minimum Gasteiger partial charge on any atom is -0.496 e. The third-order valence-electron chi connectivity index (χ3n) is 3.39. The van der Waals surface area contributed by atoms with Crippen molar-refractivity contribution in [1.29, 1.82) is 0 Å². The molecule has 0 aliphatic carbocycles. The lowest BCUT2D eigenvalue weighted by Crippen LogP contribution is -2.23. The van der Waals surface area contributed by atoms with Crippen molar-refractivity contribution in [2.24, 2.45) is 5.92 Å². The molecular formula is C14H19NO3. The number of likely N-dealkylation sites (tertiary alicyclic amines) is 1. The van der Waals surface area contributed by atoms with Crippen molar-refractivity contribution in [2.75, 3.05) is 27.3 Å². The maximum Gasteiger partial charge on any atom is 0.310 e. The van der Waals surface area contributed by atoms with Crippen LogP contribution in [0.5, 0.6) is 5.75 Å². The second-order valence-electron chi connectivity index (χ2n) is 4.56. The van der Waals surface area contributed by atoms with E-state index in [-0.39, 0.29) is 11.9 Å². The van der Waals surface area contributed by atoms with E-state index in [1.54, 1.807) is 7.11 Å². The summed E-state index contributed by atoms with van der Waals surface area (Å²) >= 11 is 0. The van der Waals surface area contributed by atoms with Gasteiger partial charge in [0.15, 0.2) is 0 Å². The van der Waals surface area contributed by atoms with Crippen LogP contribution >= 0.6 is 0 Å². The number of carbonyl (C=O) groups excluding carboxylic acids is 1. The Morgan fingerprint density at radius 2 is 2.17 bits per heavy atom. The molecule has 1 aromatic rings. The van der Waals surface area contributed by atoms with Crippen molar-refractivity contribution in [3.8, 4) is 5.75 Å². The van der Waals surface area contributed by atoms with Gasteiger partial charge in [-0.25, -0.2) is 0 Å². The molecule has 0 aromatic heterocycles. The third-order valence-corrected chi connectivity index (χ3v) is 3.39. The summed E-state index contributed by atoms with van der Waals surface area (Å²) in [6.45, 7) is 2.51. The van der Waals surface area contributed by atoms with Crippen molar-refractivity contribution in [2.45, 2.75) is 13.0 Å². The molecule has 2 rings (SSSR count). The number of rotatable bonds is 4. The highest BCUT2D eigenvalue weighted by Gasteiger charge is 2.29. The van der Waals surface area contributed by atoms with Crippen LogP contribution in [0.15, 0.2) is 24.3 Å². The zero-order valence-corrected chi connectivity index (χ0v) is 10.9. The molecule has 1 saturated heterocycles. The number of carbonyl (C=O) groups is 1. The van der Waals surface area contributed by atoms with Crippen LogP contribution in [-0.2, 0) is 16.1 Å². The van der Waals surface area contributed by atoms with Gasteiger partial charge in [-0.3, -0.25) is 9.69 Å². The molecule has 0 amide bonds. The second kappa shape index (κ2) is 5.87.